The number of benzene rings is 2. The Morgan fingerprint density at radius 3 is 2.10 bits per heavy atom. The maximum atomic E-state index is 13.6. The summed E-state index contributed by atoms with van der Waals surface area (Å²) in [6.07, 6.45) is -6.48. The zero-order chi connectivity index (χ0) is 15.8. The van der Waals surface area contributed by atoms with Crippen LogP contribution in [-0.2, 0) is 6.18 Å². The highest BCUT2D eigenvalue weighted by molar-refractivity contribution is 9.10. The minimum atomic E-state index is -4.65. The Labute approximate surface area is 125 Å². The van der Waals surface area contributed by atoms with Crippen LogP contribution < -0.4 is 0 Å². The molecule has 0 aliphatic heterocycles. The molecule has 0 amide bonds. The quantitative estimate of drug-likeness (QED) is 0.755. The molecule has 1 unspecified atom stereocenters. The third-order valence-corrected chi connectivity index (χ3v) is 3.58. The SMILES string of the molecule is OC(c1ccc(Br)c(C(F)(F)F)c1)c1c(F)cccc1F. The number of aliphatic hydroxyl groups is 1. The van der Waals surface area contributed by atoms with E-state index < -0.39 is 35.0 Å². The molecule has 21 heavy (non-hydrogen) atoms. The van der Waals surface area contributed by atoms with E-state index in [1.807, 2.05) is 0 Å². The number of alkyl halides is 3. The summed E-state index contributed by atoms with van der Waals surface area (Å²) in [6.45, 7) is 0. The van der Waals surface area contributed by atoms with E-state index in [0.29, 0.717) is 6.07 Å². The fourth-order valence-electron chi connectivity index (χ4n) is 1.87. The molecule has 2 aromatic carbocycles. The standard InChI is InChI=1S/C14H8BrF5O/c15-9-5-4-7(6-8(9)14(18,19)20)13(21)12-10(16)2-1-3-11(12)17/h1-6,13,21H. The van der Waals surface area contributed by atoms with E-state index in [0.717, 1.165) is 30.3 Å². The van der Waals surface area contributed by atoms with Crippen molar-refractivity contribution >= 4 is 15.9 Å². The molecule has 1 N–H and O–H groups in total. The monoisotopic (exact) mass is 366 g/mol. The van der Waals surface area contributed by atoms with Crippen molar-refractivity contribution in [3.05, 3.63) is 69.2 Å². The summed E-state index contributed by atoms with van der Waals surface area (Å²) in [6, 6.07) is 5.83. The Balaban J connectivity index is 2.52. The van der Waals surface area contributed by atoms with E-state index in [1.54, 1.807) is 0 Å². The largest absolute Gasteiger partial charge is 0.417 e. The van der Waals surface area contributed by atoms with Crippen LogP contribution >= 0.6 is 15.9 Å². The van der Waals surface area contributed by atoms with Gasteiger partial charge < -0.3 is 5.11 Å². The molecule has 1 atom stereocenters. The zero-order valence-electron chi connectivity index (χ0n) is 10.3. The van der Waals surface area contributed by atoms with Gasteiger partial charge in [0.1, 0.15) is 17.7 Å². The lowest BCUT2D eigenvalue weighted by Gasteiger charge is -2.16. The Kier molecular flexibility index (Phi) is 4.34. The number of hydrogen-bond acceptors (Lipinski definition) is 1. The minimum absolute atomic E-state index is 0.222. The summed E-state index contributed by atoms with van der Waals surface area (Å²) in [5, 5.41) is 9.97. The van der Waals surface area contributed by atoms with Crippen molar-refractivity contribution < 1.29 is 27.1 Å². The van der Waals surface area contributed by atoms with Crippen LogP contribution in [0.1, 0.15) is 22.8 Å². The fourth-order valence-corrected chi connectivity index (χ4v) is 2.34. The molecule has 0 aliphatic rings. The average molecular weight is 367 g/mol. The van der Waals surface area contributed by atoms with Crippen molar-refractivity contribution in [1.29, 1.82) is 0 Å². The van der Waals surface area contributed by atoms with Gasteiger partial charge in [0.05, 0.1) is 11.1 Å². The fraction of sp³-hybridized carbons (Fsp3) is 0.143. The van der Waals surface area contributed by atoms with Crippen molar-refractivity contribution in [2.45, 2.75) is 12.3 Å². The summed E-state index contributed by atoms with van der Waals surface area (Å²) < 4.78 is 65.3. The molecule has 0 aliphatic carbocycles. The topological polar surface area (TPSA) is 20.2 Å². The third kappa shape index (κ3) is 3.24. The molecule has 2 rings (SSSR count). The van der Waals surface area contributed by atoms with Gasteiger partial charge in [-0.15, -0.1) is 0 Å². The Morgan fingerprint density at radius 2 is 1.57 bits per heavy atom. The highest BCUT2D eigenvalue weighted by Gasteiger charge is 2.34. The summed E-state index contributed by atoms with van der Waals surface area (Å²) in [5.74, 6) is -2.06. The van der Waals surface area contributed by atoms with E-state index in [9.17, 15) is 27.1 Å². The number of halogens is 6. The van der Waals surface area contributed by atoms with Crippen LogP contribution in [0.5, 0.6) is 0 Å². The summed E-state index contributed by atoms with van der Waals surface area (Å²) in [7, 11) is 0. The van der Waals surface area contributed by atoms with Crippen molar-refractivity contribution in [2.75, 3.05) is 0 Å². The predicted octanol–water partition coefficient (Wildman–Crippen LogP) is 4.83. The lowest BCUT2D eigenvalue weighted by molar-refractivity contribution is -0.138. The molecule has 7 heteroatoms. The average Bonchev–Trinajstić information content (AvgIpc) is 2.37. The summed E-state index contributed by atoms with van der Waals surface area (Å²) in [4.78, 5) is 0. The third-order valence-electron chi connectivity index (χ3n) is 2.88. The molecule has 0 saturated carbocycles. The molecule has 0 spiro atoms. The second-order valence-electron chi connectivity index (χ2n) is 4.27. The van der Waals surface area contributed by atoms with E-state index in [2.05, 4.69) is 15.9 Å². The van der Waals surface area contributed by atoms with E-state index in [1.165, 1.54) is 0 Å². The van der Waals surface area contributed by atoms with Gasteiger partial charge in [-0.25, -0.2) is 8.78 Å². The van der Waals surface area contributed by atoms with Crippen LogP contribution in [0.25, 0.3) is 0 Å². The van der Waals surface area contributed by atoms with Gasteiger partial charge in [0.15, 0.2) is 0 Å². The first kappa shape index (κ1) is 15.9. The van der Waals surface area contributed by atoms with Gasteiger partial charge >= 0.3 is 6.18 Å². The molecule has 0 saturated heterocycles. The lowest BCUT2D eigenvalue weighted by Crippen LogP contribution is -2.10. The van der Waals surface area contributed by atoms with Gasteiger partial charge in [-0.1, -0.05) is 28.1 Å². The maximum Gasteiger partial charge on any atom is 0.417 e. The van der Waals surface area contributed by atoms with Crippen molar-refractivity contribution in [3.8, 4) is 0 Å². The molecule has 0 radical (unpaired) electrons. The van der Waals surface area contributed by atoms with Gasteiger partial charge in [0.2, 0.25) is 0 Å². The highest BCUT2D eigenvalue weighted by Crippen LogP contribution is 2.37. The molecular formula is C14H8BrF5O. The molecule has 112 valence electrons. The normalized spacial score (nSPS) is 13.3. The van der Waals surface area contributed by atoms with Crippen LogP contribution in [0.15, 0.2) is 40.9 Å². The smallest absolute Gasteiger partial charge is 0.383 e. The van der Waals surface area contributed by atoms with Gasteiger partial charge in [-0.05, 0) is 29.8 Å². The van der Waals surface area contributed by atoms with Crippen LogP contribution in [0.3, 0.4) is 0 Å². The van der Waals surface area contributed by atoms with Crippen molar-refractivity contribution in [3.63, 3.8) is 0 Å². The van der Waals surface area contributed by atoms with Gasteiger partial charge in [-0.3, -0.25) is 0 Å². The molecule has 0 bridgehead atoms. The summed E-state index contributed by atoms with van der Waals surface area (Å²) in [5.41, 5.74) is -1.97. The van der Waals surface area contributed by atoms with Gasteiger partial charge in [-0.2, -0.15) is 13.2 Å². The number of hydrogen-bond donors (Lipinski definition) is 1. The molecule has 0 heterocycles. The first-order valence-electron chi connectivity index (χ1n) is 5.70. The van der Waals surface area contributed by atoms with E-state index in [-0.39, 0.29) is 10.0 Å². The second kappa shape index (κ2) is 5.73. The Morgan fingerprint density at radius 1 is 1.00 bits per heavy atom. The van der Waals surface area contributed by atoms with Gasteiger partial charge in [0.25, 0.3) is 0 Å². The van der Waals surface area contributed by atoms with E-state index >= 15 is 0 Å². The van der Waals surface area contributed by atoms with Crippen LogP contribution in [0.4, 0.5) is 22.0 Å². The number of aliphatic hydroxyl groups excluding tert-OH is 1. The minimum Gasteiger partial charge on any atom is -0.383 e. The molecular weight excluding hydrogens is 359 g/mol. The molecule has 2 aromatic rings. The first-order chi connectivity index (χ1) is 9.71. The zero-order valence-corrected chi connectivity index (χ0v) is 11.8. The molecule has 1 nitrogen and oxygen atoms in total. The number of rotatable bonds is 2. The Bertz CT molecular complexity index is 649. The lowest BCUT2D eigenvalue weighted by atomic mass is 9.98. The highest BCUT2D eigenvalue weighted by atomic mass is 79.9. The van der Waals surface area contributed by atoms with Crippen molar-refractivity contribution in [2.24, 2.45) is 0 Å². The first-order valence-corrected chi connectivity index (χ1v) is 6.49. The van der Waals surface area contributed by atoms with Crippen LogP contribution in [-0.4, -0.2) is 5.11 Å². The maximum absolute atomic E-state index is 13.6. The second-order valence-corrected chi connectivity index (χ2v) is 5.13. The van der Waals surface area contributed by atoms with Crippen LogP contribution in [0.2, 0.25) is 0 Å². The van der Waals surface area contributed by atoms with Crippen LogP contribution in [0, 0.1) is 11.6 Å². The van der Waals surface area contributed by atoms with Crippen molar-refractivity contribution in [1.82, 2.24) is 0 Å². The Hall–Kier alpha value is -1.47. The predicted molar refractivity (Wildman–Crippen MR) is 69.6 cm³/mol. The van der Waals surface area contributed by atoms with Gasteiger partial charge in [0, 0.05) is 4.47 Å². The van der Waals surface area contributed by atoms with E-state index in [4.69, 9.17) is 0 Å². The summed E-state index contributed by atoms with van der Waals surface area (Å²) >= 11 is 2.75. The molecule has 0 aromatic heterocycles. The molecule has 0 fully saturated rings.